The van der Waals surface area contributed by atoms with E-state index in [4.69, 9.17) is 5.73 Å². The van der Waals surface area contributed by atoms with Gasteiger partial charge in [-0.05, 0) is 36.4 Å². The first-order valence-corrected chi connectivity index (χ1v) is 6.51. The van der Waals surface area contributed by atoms with E-state index in [0.29, 0.717) is 0 Å². The number of halogens is 4. The molecule has 0 unspecified atom stereocenters. The molecule has 9 heteroatoms. The molecular formula is C15H11F4N5. The van der Waals surface area contributed by atoms with Crippen molar-refractivity contribution in [3.63, 3.8) is 0 Å². The van der Waals surface area contributed by atoms with Crippen LogP contribution in [0.5, 0.6) is 0 Å². The summed E-state index contributed by atoms with van der Waals surface area (Å²) in [4.78, 5) is 0. The zero-order valence-electron chi connectivity index (χ0n) is 12.0. The number of nitrogens with one attached hydrogen (secondary N) is 1. The smallest absolute Gasteiger partial charge is 0.234 e. The third-order valence-corrected chi connectivity index (χ3v) is 2.66. The van der Waals surface area contributed by atoms with E-state index in [2.05, 4.69) is 20.7 Å². The minimum Gasteiger partial charge on any atom is -0.367 e. The van der Waals surface area contributed by atoms with E-state index in [1.165, 1.54) is 0 Å². The maximum atomic E-state index is 13.3. The molecule has 124 valence electrons. The Morgan fingerprint density at radius 2 is 1.42 bits per heavy atom. The van der Waals surface area contributed by atoms with Crippen molar-refractivity contribution in [3.05, 3.63) is 70.8 Å². The molecular weight excluding hydrogens is 326 g/mol. The number of benzene rings is 2. The van der Waals surface area contributed by atoms with Crippen LogP contribution >= 0.6 is 0 Å². The zero-order valence-corrected chi connectivity index (χ0v) is 12.0. The summed E-state index contributed by atoms with van der Waals surface area (Å²) in [5.41, 5.74) is 7.42. The third-order valence-electron chi connectivity index (χ3n) is 2.66. The van der Waals surface area contributed by atoms with Gasteiger partial charge in [0.25, 0.3) is 0 Å². The lowest BCUT2D eigenvalue weighted by Gasteiger charge is -1.98. The highest BCUT2D eigenvalue weighted by Gasteiger charge is 2.01. The van der Waals surface area contributed by atoms with Crippen molar-refractivity contribution in [2.24, 2.45) is 21.0 Å². The molecule has 5 nitrogen and oxygen atoms in total. The van der Waals surface area contributed by atoms with Gasteiger partial charge in [0, 0.05) is 11.1 Å². The first kappa shape index (κ1) is 17.1. The van der Waals surface area contributed by atoms with Crippen LogP contribution < -0.4 is 11.2 Å². The van der Waals surface area contributed by atoms with E-state index >= 15 is 0 Å². The predicted octanol–water partition coefficient (Wildman–Crippen LogP) is 2.52. The van der Waals surface area contributed by atoms with Crippen molar-refractivity contribution >= 4 is 18.4 Å². The summed E-state index contributed by atoms with van der Waals surface area (Å²) in [6.45, 7) is 0. The van der Waals surface area contributed by atoms with Crippen LogP contribution in [0.1, 0.15) is 11.1 Å². The average molecular weight is 337 g/mol. The van der Waals surface area contributed by atoms with Crippen LogP contribution in [0.3, 0.4) is 0 Å². The fourth-order valence-corrected chi connectivity index (χ4v) is 1.57. The van der Waals surface area contributed by atoms with Crippen LogP contribution in [0.15, 0.2) is 51.7 Å². The second-order valence-electron chi connectivity index (χ2n) is 4.43. The molecule has 3 N–H and O–H groups in total. The molecule has 2 rings (SSSR count). The van der Waals surface area contributed by atoms with Crippen molar-refractivity contribution in [2.75, 3.05) is 0 Å². The van der Waals surface area contributed by atoms with Crippen molar-refractivity contribution in [3.8, 4) is 0 Å². The number of nitrogens with zero attached hydrogens (tertiary/aromatic N) is 3. The molecule has 2 aromatic rings. The lowest BCUT2D eigenvalue weighted by Crippen LogP contribution is -2.26. The number of hydrazone groups is 1. The Kier molecular flexibility index (Phi) is 5.61. The summed E-state index contributed by atoms with van der Waals surface area (Å²) in [5, 5.41) is 10.5. The highest BCUT2D eigenvalue weighted by Crippen LogP contribution is 2.07. The Morgan fingerprint density at radius 1 is 0.875 bits per heavy atom. The minimum absolute atomic E-state index is 0.0966. The number of nitrogens with two attached hydrogens (primary N) is 1. The van der Waals surface area contributed by atoms with Gasteiger partial charge in [-0.25, -0.2) is 23.0 Å². The molecule has 0 atom stereocenters. The molecule has 0 saturated carbocycles. The maximum absolute atomic E-state index is 13.3. The summed E-state index contributed by atoms with van der Waals surface area (Å²) in [6.07, 6.45) is 1.96. The Bertz CT molecular complexity index is 818. The van der Waals surface area contributed by atoms with E-state index in [-0.39, 0.29) is 17.1 Å². The van der Waals surface area contributed by atoms with Crippen LogP contribution in [0.4, 0.5) is 17.6 Å². The van der Waals surface area contributed by atoms with Gasteiger partial charge >= 0.3 is 0 Å². The molecule has 0 aliphatic rings. The largest absolute Gasteiger partial charge is 0.367 e. The summed E-state index contributed by atoms with van der Waals surface area (Å²) >= 11 is 0. The standard InChI is InChI=1S/C15H11F4N5/c16-11-1-3-13(18)9(5-11)7-21-23-15(20)24-22-8-10-6-12(17)2-4-14(10)19/h1-8H,(H3,20,23,24)/b21-7+,22-8+. The molecule has 2 aromatic carbocycles. The Morgan fingerprint density at radius 3 is 2.00 bits per heavy atom. The van der Waals surface area contributed by atoms with E-state index in [1.807, 2.05) is 0 Å². The molecule has 0 aliphatic carbocycles. The molecule has 0 heterocycles. The molecule has 0 saturated heterocycles. The van der Waals surface area contributed by atoms with Crippen molar-refractivity contribution in [1.82, 2.24) is 5.43 Å². The van der Waals surface area contributed by atoms with Crippen molar-refractivity contribution < 1.29 is 17.6 Å². The first-order chi connectivity index (χ1) is 11.5. The Balaban J connectivity index is 1.99. The van der Waals surface area contributed by atoms with Gasteiger partial charge in [-0.2, -0.15) is 10.2 Å². The summed E-state index contributed by atoms with van der Waals surface area (Å²) in [7, 11) is 0. The van der Waals surface area contributed by atoms with Crippen molar-refractivity contribution in [1.29, 1.82) is 0 Å². The van der Waals surface area contributed by atoms with E-state index in [9.17, 15) is 17.6 Å². The van der Waals surface area contributed by atoms with Crippen LogP contribution in [-0.2, 0) is 0 Å². The van der Waals surface area contributed by atoms with Crippen LogP contribution in [0.2, 0.25) is 0 Å². The molecule has 0 bridgehead atoms. The van der Waals surface area contributed by atoms with Gasteiger partial charge in [-0.3, -0.25) is 0 Å². The number of hydrogen-bond donors (Lipinski definition) is 2. The molecule has 0 spiro atoms. The van der Waals surface area contributed by atoms with Gasteiger partial charge in [-0.1, -0.05) is 0 Å². The zero-order chi connectivity index (χ0) is 17.5. The molecule has 0 fully saturated rings. The lowest BCUT2D eigenvalue weighted by molar-refractivity contribution is 0.598. The summed E-state index contributed by atoms with van der Waals surface area (Å²) in [5.74, 6) is -2.90. The van der Waals surface area contributed by atoms with Gasteiger partial charge in [0.15, 0.2) is 0 Å². The number of rotatable bonds is 4. The highest BCUT2D eigenvalue weighted by atomic mass is 19.1. The van der Waals surface area contributed by atoms with Crippen LogP contribution in [-0.4, -0.2) is 18.4 Å². The summed E-state index contributed by atoms with van der Waals surface area (Å²) < 4.78 is 52.5. The highest BCUT2D eigenvalue weighted by molar-refractivity contribution is 5.84. The van der Waals surface area contributed by atoms with Gasteiger partial charge in [0.1, 0.15) is 23.3 Å². The second kappa shape index (κ2) is 7.86. The molecule has 0 aliphatic heterocycles. The van der Waals surface area contributed by atoms with Crippen LogP contribution in [0.25, 0.3) is 0 Å². The van der Waals surface area contributed by atoms with Gasteiger partial charge < -0.3 is 5.73 Å². The minimum atomic E-state index is -0.679. The SMILES string of the molecule is N/C(=N\N=C\c1cc(F)ccc1F)N/N=C/c1cc(F)ccc1F. The quantitative estimate of drug-likeness (QED) is 0.389. The maximum Gasteiger partial charge on any atom is 0.234 e. The van der Waals surface area contributed by atoms with Gasteiger partial charge in [0.2, 0.25) is 5.96 Å². The fourth-order valence-electron chi connectivity index (χ4n) is 1.57. The molecule has 0 aromatic heterocycles. The van der Waals surface area contributed by atoms with Crippen LogP contribution in [0, 0.1) is 23.3 Å². The monoisotopic (exact) mass is 337 g/mol. The lowest BCUT2D eigenvalue weighted by atomic mass is 10.2. The van der Waals surface area contributed by atoms with E-state index < -0.39 is 23.3 Å². The molecule has 24 heavy (non-hydrogen) atoms. The fraction of sp³-hybridized carbons (Fsp3) is 0. The molecule has 0 radical (unpaired) electrons. The number of guanidine groups is 1. The normalized spacial score (nSPS) is 12.2. The van der Waals surface area contributed by atoms with Gasteiger partial charge in [-0.15, -0.1) is 5.10 Å². The predicted molar refractivity (Wildman–Crippen MR) is 82.7 cm³/mol. The van der Waals surface area contributed by atoms with E-state index in [1.54, 1.807) is 0 Å². The molecule has 0 amide bonds. The van der Waals surface area contributed by atoms with E-state index in [0.717, 1.165) is 48.8 Å². The second-order valence-corrected chi connectivity index (χ2v) is 4.43. The average Bonchev–Trinajstić information content (AvgIpc) is 2.54. The first-order valence-electron chi connectivity index (χ1n) is 6.51. The Hall–Kier alpha value is -3.23. The Labute approximate surface area is 134 Å². The van der Waals surface area contributed by atoms with Crippen molar-refractivity contribution in [2.45, 2.75) is 0 Å². The topological polar surface area (TPSA) is 75.1 Å². The third kappa shape index (κ3) is 4.90. The van der Waals surface area contributed by atoms with Gasteiger partial charge in [0.05, 0.1) is 12.4 Å². The summed E-state index contributed by atoms with van der Waals surface area (Å²) in [6, 6.07) is 5.70. The number of hydrogen-bond acceptors (Lipinski definition) is 3.